The SMILES string of the molecule is C[C@@H]1CCCC[C@H]1n1c(SCc2cc(F)cc3c2O[C@@H](c2ccccc2)OC3)nnc1-c1cccnc1. The van der Waals surface area contributed by atoms with Crippen LogP contribution in [0.25, 0.3) is 11.4 Å². The van der Waals surface area contributed by atoms with Crippen molar-refractivity contribution < 1.29 is 13.9 Å². The maximum absolute atomic E-state index is 14.6. The molecule has 2 aliphatic rings. The predicted molar refractivity (Wildman–Crippen MR) is 140 cm³/mol. The molecule has 0 saturated heterocycles. The predicted octanol–water partition coefficient (Wildman–Crippen LogP) is 7.13. The smallest absolute Gasteiger partial charge is 0.227 e. The number of ether oxygens (including phenoxy) is 2. The van der Waals surface area contributed by atoms with Gasteiger partial charge in [-0.25, -0.2) is 4.39 Å². The first-order chi connectivity index (χ1) is 18.2. The minimum atomic E-state index is -0.521. The molecule has 6 nitrogen and oxygen atoms in total. The Morgan fingerprint density at radius 3 is 2.73 bits per heavy atom. The van der Waals surface area contributed by atoms with Crippen molar-refractivity contribution in [2.24, 2.45) is 5.92 Å². The number of pyridine rings is 1. The van der Waals surface area contributed by atoms with E-state index < -0.39 is 6.29 Å². The molecule has 6 rings (SSSR count). The third-order valence-corrected chi connectivity index (χ3v) is 8.23. The first-order valence-electron chi connectivity index (χ1n) is 12.8. The molecular weight excluding hydrogens is 487 g/mol. The van der Waals surface area contributed by atoms with Crippen molar-refractivity contribution in [3.05, 3.63) is 89.5 Å². The minimum absolute atomic E-state index is 0.293. The standard InChI is InChI=1S/C29H29FN4O2S/c1-19-8-5-6-12-25(19)34-27(21-11-7-13-31-16-21)32-33-29(34)37-18-23-15-24(30)14-22-17-35-28(36-26(22)23)20-9-3-2-4-10-20/h2-4,7,9-11,13-16,19,25,28H,5-6,8,12,17-18H2,1H3/t19-,25-,28+/m1/s1. The van der Waals surface area contributed by atoms with Crippen LogP contribution in [0.3, 0.4) is 0 Å². The van der Waals surface area contributed by atoms with Gasteiger partial charge in [-0.2, -0.15) is 0 Å². The quantitative estimate of drug-likeness (QED) is 0.254. The van der Waals surface area contributed by atoms with Gasteiger partial charge in [0.05, 0.1) is 6.61 Å². The van der Waals surface area contributed by atoms with Crippen LogP contribution in [-0.4, -0.2) is 19.7 Å². The fourth-order valence-electron chi connectivity index (χ4n) is 5.35. The van der Waals surface area contributed by atoms with E-state index in [-0.39, 0.29) is 5.82 Å². The van der Waals surface area contributed by atoms with E-state index in [1.807, 2.05) is 48.7 Å². The van der Waals surface area contributed by atoms with Gasteiger partial charge in [0.25, 0.3) is 0 Å². The number of hydrogen-bond donors (Lipinski definition) is 0. The van der Waals surface area contributed by atoms with Gasteiger partial charge < -0.3 is 9.47 Å². The third kappa shape index (κ3) is 5.00. The topological polar surface area (TPSA) is 62.1 Å². The second-order valence-electron chi connectivity index (χ2n) is 9.76. The van der Waals surface area contributed by atoms with E-state index in [2.05, 4.69) is 26.7 Å². The fourth-order valence-corrected chi connectivity index (χ4v) is 6.31. The van der Waals surface area contributed by atoms with Gasteiger partial charge in [0.2, 0.25) is 6.29 Å². The van der Waals surface area contributed by atoms with Crippen molar-refractivity contribution >= 4 is 11.8 Å². The summed E-state index contributed by atoms with van der Waals surface area (Å²) in [5, 5.41) is 10.0. The summed E-state index contributed by atoms with van der Waals surface area (Å²) in [6.07, 6.45) is 7.80. The van der Waals surface area contributed by atoms with Crippen LogP contribution in [0.4, 0.5) is 4.39 Å². The van der Waals surface area contributed by atoms with Crippen molar-refractivity contribution in [1.29, 1.82) is 0 Å². The van der Waals surface area contributed by atoms with E-state index in [1.165, 1.54) is 25.3 Å². The maximum Gasteiger partial charge on any atom is 0.227 e. The Bertz CT molecular complexity index is 1370. The normalized spacial score (nSPS) is 21.3. The second kappa shape index (κ2) is 10.6. The Labute approximate surface area is 220 Å². The average molecular weight is 517 g/mol. The first kappa shape index (κ1) is 24.1. The van der Waals surface area contributed by atoms with Gasteiger partial charge in [0.15, 0.2) is 11.0 Å². The summed E-state index contributed by atoms with van der Waals surface area (Å²) in [6, 6.07) is 17.1. The van der Waals surface area contributed by atoms with Crippen molar-refractivity contribution in [2.75, 3.05) is 0 Å². The lowest BCUT2D eigenvalue weighted by Gasteiger charge is -2.31. The highest BCUT2D eigenvalue weighted by Crippen LogP contribution is 2.42. The van der Waals surface area contributed by atoms with Crippen molar-refractivity contribution in [3.8, 4) is 17.1 Å². The molecule has 0 N–H and O–H groups in total. The van der Waals surface area contributed by atoms with Crippen molar-refractivity contribution in [2.45, 2.75) is 62.5 Å². The average Bonchev–Trinajstić information content (AvgIpc) is 3.36. The number of nitrogens with zero attached hydrogens (tertiary/aromatic N) is 4. The summed E-state index contributed by atoms with van der Waals surface area (Å²) in [4.78, 5) is 4.30. The zero-order chi connectivity index (χ0) is 25.2. The molecule has 0 spiro atoms. The molecule has 2 aromatic carbocycles. The van der Waals surface area contributed by atoms with Gasteiger partial charge in [0, 0.05) is 46.4 Å². The fraction of sp³-hybridized carbons (Fsp3) is 0.345. The Morgan fingerprint density at radius 2 is 1.92 bits per heavy atom. The molecule has 1 fully saturated rings. The third-order valence-electron chi connectivity index (χ3n) is 7.23. The summed E-state index contributed by atoms with van der Waals surface area (Å²) >= 11 is 1.57. The monoisotopic (exact) mass is 516 g/mol. The van der Waals surface area contributed by atoms with Crippen LogP contribution in [0.1, 0.15) is 61.6 Å². The molecule has 1 aliphatic carbocycles. The highest BCUT2D eigenvalue weighted by Gasteiger charge is 2.30. The zero-order valence-electron chi connectivity index (χ0n) is 20.7. The number of thioether (sulfide) groups is 1. The molecule has 0 unspecified atom stereocenters. The van der Waals surface area contributed by atoms with E-state index in [1.54, 1.807) is 24.0 Å². The number of aromatic nitrogens is 4. The number of rotatable bonds is 6. The van der Waals surface area contributed by atoms with Crippen LogP contribution in [0.2, 0.25) is 0 Å². The second-order valence-corrected chi connectivity index (χ2v) is 10.7. The van der Waals surface area contributed by atoms with E-state index in [4.69, 9.17) is 9.47 Å². The maximum atomic E-state index is 14.6. The van der Waals surface area contributed by atoms with E-state index in [0.29, 0.717) is 30.1 Å². The van der Waals surface area contributed by atoms with Gasteiger partial charge in [-0.1, -0.05) is 61.9 Å². The number of benzene rings is 2. The molecule has 0 radical (unpaired) electrons. The molecule has 0 amide bonds. The minimum Gasteiger partial charge on any atom is -0.460 e. The Morgan fingerprint density at radius 1 is 1.05 bits per heavy atom. The van der Waals surface area contributed by atoms with Gasteiger partial charge in [0.1, 0.15) is 11.6 Å². The van der Waals surface area contributed by atoms with Crippen LogP contribution in [0.5, 0.6) is 5.75 Å². The van der Waals surface area contributed by atoms with Gasteiger partial charge in [-0.05, 0) is 43.0 Å². The van der Waals surface area contributed by atoms with E-state index >= 15 is 0 Å². The zero-order valence-corrected chi connectivity index (χ0v) is 21.5. The molecule has 2 aromatic heterocycles. The highest BCUT2D eigenvalue weighted by atomic mass is 32.2. The number of fused-ring (bicyclic) bond motifs is 1. The van der Waals surface area contributed by atoms with Crippen molar-refractivity contribution in [1.82, 2.24) is 19.7 Å². The van der Waals surface area contributed by atoms with Crippen LogP contribution < -0.4 is 4.74 Å². The largest absolute Gasteiger partial charge is 0.460 e. The van der Waals surface area contributed by atoms with E-state index in [9.17, 15) is 4.39 Å². The summed E-state index contributed by atoms with van der Waals surface area (Å²) in [5.41, 5.74) is 3.40. The number of halogens is 1. The van der Waals surface area contributed by atoms with Gasteiger partial charge in [-0.15, -0.1) is 10.2 Å². The lowest BCUT2D eigenvalue weighted by Crippen LogP contribution is -2.22. The lowest BCUT2D eigenvalue weighted by atomic mass is 9.85. The summed E-state index contributed by atoms with van der Waals surface area (Å²) < 4.78 is 29.0. The Hall–Kier alpha value is -3.23. The van der Waals surface area contributed by atoms with E-state index in [0.717, 1.165) is 39.7 Å². The van der Waals surface area contributed by atoms with Crippen LogP contribution in [-0.2, 0) is 17.1 Å². The van der Waals surface area contributed by atoms with Gasteiger partial charge >= 0.3 is 0 Å². The van der Waals surface area contributed by atoms with Crippen LogP contribution in [0, 0.1) is 11.7 Å². The summed E-state index contributed by atoms with van der Waals surface area (Å²) in [7, 11) is 0. The molecule has 4 aromatic rings. The summed E-state index contributed by atoms with van der Waals surface area (Å²) in [5.74, 6) is 2.27. The van der Waals surface area contributed by atoms with Gasteiger partial charge in [-0.3, -0.25) is 9.55 Å². The highest BCUT2D eigenvalue weighted by molar-refractivity contribution is 7.98. The molecule has 3 heterocycles. The number of hydrogen-bond acceptors (Lipinski definition) is 6. The van der Waals surface area contributed by atoms with Crippen LogP contribution in [0.15, 0.2) is 72.1 Å². The molecular formula is C29H29FN4O2S. The molecule has 3 atom stereocenters. The molecule has 1 saturated carbocycles. The molecule has 0 bridgehead atoms. The summed E-state index contributed by atoms with van der Waals surface area (Å²) in [6.45, 7) is 2.61. The molecule has 1 aliphatic heterocycles. The first-order valence-corrected chi connectivity index (χ1v) is 13.8. The Kier molecular flexibility index (Phi) is 6.93. The Balaban J connectivity index is 1.31. The molecule has 190 valence electrons. The molecule has 37 heavy (non-hydrogen) atoms. The lowest BCUT2D eigenvalue weighted by molar-refractivity contribution is -0.112. The van der Waals surface area contributed by atoms with Crippen LogP contribution >= 0.6 is 11.8 Å². The van der Waals surface area contributed by atoms with Crippen molar-refractivity contribution in [3.63, 3.8) is 0 Å². The molecule has 8 heteroatoms.